The van der Waals surface area contributed by atoms with E-state index in [0.717, 1.165) is 23.8 Å². The van der Waals surface area contributed by atoms with Gasteiger partial charge in [-0.15, -0.1) is 0 Å². The highest BCUT2D eigenvalue weighted by molar-refractivity contribution is 5.68. The Labute approximate surface area is 112 Å². The molecule has 0 saturated carbocycles. The number of aryl methyl sites for hydroxylation is 2. The van der Waals surface area contributed by atoms with Crippen molar-refractivity contribution >= 4 is 11.8 Å². The fourth-order valence-electron chi connectivity index (χ4n) is 2.27. The minimum Gasteiger partial charge on any atom is -0.481 e. The summed E-state index contributed by atoms with van der Waals surface area (Å²) in [6, 6.07) is 1.78. The highest BCUT2D eigenvalue weighted by Gasteiger charge is 2.26. The van der Waals surface area contributed by atoms with Gasteiger partial charge in [0.2, 0.25) is 0 Å². The van der Waals surface area contributed by atoms with Gasteiger partial charge in [0, 0.05) is 18.3 Å². The highest BCUT2D eigenvalue weighted by atomic mass is 16.5. The summed E-state index contributed by atoms with van der Waals surface area (Å²) in [5, 5.41) is 8.97. The maximum Gasteiger partial charge on any atom is 0.305 e. The van der Waals surface area contributed by atoms with Crippen LogP contribution >= 0.6 is 0 Å². The molecule has 1 aromatic heterocycles. The van der Waals surface area contributed by atoms with E-state index in [4.69, 9.17) is 9.84 Å². The van der Waals surface area contributed by atoms with E-state index >= 15 is 0 Å². The van der Waals surface area contributed by atoms with Crippen LogP contribution in [0.15, 0.2) is 6.07 Å². The summed E-state index contributed by atoms with van der Waals surface area (Å²) >= 11 is 0. The molecule has 1 N–H and O–H groups in total. The van der Waals surface area contributed by atoms with Crippen LogP contribution in [-0.2, 0) is 16.0 Å². The van der Waals surface area contributed by atoms with E-state index in [1.54, 1.807) is 0 Å². The van der Waals surface area contributed by atoms with E-state index in [1.165, 1.54) is 0 Å². The first kappa shape index (κ1) is 13.7. The smallest absolute Gasteiger partial charge is 0.305 e. The second-order valence-electron chi connectivity index (χ2n) is 4.64. The molecule has 6 nitrogen and oxygen atoms in total. The molecule has 1 unspecified atom stereocenters. The van der Waals surface area contributed by atoms with Gasteiger partial charge in [0.25, 0.3) is 0 Å². The number of carboxylic acid groups (broad SMARTS) is 1. The van der Waals surface area contributed by atoms with Crippen LogP contribution < -0.4 is 4.90 Å². The number of anilines is 1. The standard InChI is InChI=1S/C13H19N3O3/c1-3-10-6-12(15-9(2)14-10)16-4-5-19-8-11(16)7-13(17)18/h6,11H,3-5,7-8H2,1-2H3,(H,17,18). The fourth-order valence-corrected chi connectivity index (χ4v) is 2.27. The molecule has 0 aromatic carbocycles. The number of rotatable bonds is 4. The second kappa shape index (κ2) is 5.97. The normalized spacial score (nSPS) is 19.5. The van der Waals surface area contributed by atoms with Gasteiger partial charge < -0.3 is 14.7 Å². The largest absolute Gasteiger partial charge is 0.481 e. The van der Waals surface area contributed by atoms with Crippen LogP contribution in [0.2, 0.25) is 0 Å². The fraction of sp³-hybridized carbons (Fsp3) is 0.615. The summed E-state index contributed by atoms with van der Waals surface area (Å²) in [6.07, 6.45) is 0.898. The number of carbonyl (C=O) groups is 1. The van der Waals surface area contributed by atoms with Crippen molar-refractivity contribution in [1.29, 1.82) is 0 Å². The lowest BCUT2D eigenvalue weighted by Gasteiger charge is -2.35. The first-order valence-corrected chi connectivity index (χ1v) is 6.51. The molecular weight excluding hydrogens is 246 g/mol. The summed E-state index contributed by atoms with van der Waals surface area (Å²) in [4.78, 5) is 21.7. The zero-order valence-corrected chi connectivity index (χ0v) is 11.3. The average molecular weight is 265 g/mol. The summed E-state index contributed by atoms with van der Waals surface area (Å²) in [5.74, 6) is 0.704. The number of ether oxygens (including phenoxy) is 1. The Kier molecular flexibility index (Phi) is 4.31. The van der Waals surface area contributed by atoms with Crippen LogP contribution in [0.4, 0.5) is 5.82 Å². The molecule has 19 heavy (non-hydrogen) atoms. The van der Waals surface area contributed by atoms with Gasteiger partial charge in [-0.1, -0.05) is 6.92 Å². The Hall–Kier alpha value is -1.69. The van der Waals surface area contributed by atoms with Crippen molar-refractivity contribution in [3.05, 3.63) is 17.6 Å². The number of aliphatic carboxylic acids is 1. The molecule has 2 heterocycles. The van der Waals surface area contributed by atoms with Crippen molar-refractivity contribution in [2.45, 2.75) is 32.7 Å². The number of carboxylic acids is 1. The lowest BCUT2D eigenvalue weighted by Crippen LogP contribution is -2.47. The van der Waals surface area contributed by atoms with Gasteiger partial charge in [-0.2, -0.15) is 0 Å². The molecule has 1 aliphatic rings. The molecule has 1 saturated heterocycles. The van der Waals surface area contributed by atoms with Crippen LogP contribution in [0, 0.1) is 6.92 Å². The van der Waals surface area contributed by atoms with Gasteiger partial charge in [0.1, 0.15) is 11.6 Å². The molecule has 0 amide bonds. The monoisotopic (exact) mass is 265 g/mol. The van der Waals surface area contributed by atoms with Gasteiger partial charge in [-0.3, -0.25) is 4.79 Å². The highest BCUT2D eigenvalue weighted by Crippen LogP contribution is 2.20. The van der Waals surface area contributed by atoms with Crippen LogP contribution in [0.5, 0.6) is 0 Å². The Bertz CT molecular complexity index is 464. The van der Waals surface area contributed by atoms with Crippen molar-refractivity contribution in [3.8, 4) is 0 Å². The van der Waals surface area contributed by atoms with E-state index < -0.39 is 5.97 Å². The number of nitrogens with zero attached hydrogens (tertiary/aromatic N) is 3. The molecule has 0 spiro atoms. The van der Waals surface area contributed by atoms with Gasteiger partial charge in [-0.25, -0.2) is 9.97 Å². The third-order valence-electron chi connectivity index (χ3n) is 3.17. The Balaban J connectivity index is 2.26. The van der Waals surface area contributed by atoms with Gasteiger partial charge in [0.15, 0.2) is 0 Å². The quantitative estimate of drug-likeness (QED) is 0.876. The Morgan fingerprint density at radius 1 is 1.58 bits per heavy atom. The maximum absolute atomic E-state index is 10.9. The molecule has 1 aliphatic heterocycles. The van der Waals surface area contributed by atoms with Crippen LogP contribution in [-0.4, -0.2) is 46.8 Å². The molecule has 0 aliphatic carbocycles. The molecule has 0 radical (unpaired) electrons. The van der Waals surface area contributed by atoms with Crippen LogP contribution in [0.25, 0.3) is 0 Å². The number of hydrogen-bond acceptors (Lipinski definition) is 5. The number of hydrogen-bond donors (Lipinski definition) is 1. The summed E-state index contributed by atoms with van der Waals surface area (Å²) in [6.45, 7) is 5.59. The third-order valence-corrected chi connectivity index (χ3v) is 3.17. The SMILES string of the molecule is CCc1cc(N2CCOCC2CC(=O)O)nc(C)n1. The molecule has 1 atom stereocenters. The lowest BCUT2D eigenvalue weighted by molar-refractivity contribution is -0.138. The molecule has 6 heteroatoms. The van der Waals surface area contributed by atoms with Gasteiger partial charge >= 0.3 is 5.97 Å². The van der Waals surface area contributed by atoms with E-state index in [1.807, 2.05) is 24.8 Å². The molecular formula is C13H19N3O3. The summed E-state index contributed by atoms with van der Waals surface area (Å²) in [7, 11) is 0. The summed E-state index contributed by atoms with van der Waals surface area (Å²) in [5.41, 5.74) is 0.975. The van der Waals surface area contributed by atoms with Crippen molar-refractivity contribution in [2.24, 2.45) is 0 Å². The molecule has 0 bridgehead atoms. The number of aromatic nitrogens is 2. The van der Waals surface area contributed by atoms with Crippen molar-refractivity contribution in [2.75, 3.05) is 24.7 Å². The average Bonchev–Trinajstić information content (AvgIpc) is 2.38. The van der Waals surface area contributed by atoms with Crippen molar-refractivity contribution < 1.29 is 14.6 Å². The predicted octanol–water partition coefficient (Wildman–Crippen LogP) is 1.03. The molecule has 104 valence electrons. The van der Waals surface area contributed by atoms with Crippen LogP contribution in [0.3, 0.4) is 0 Å². The molecule has 2 rings (SSSR count). The number of morpholine rings is 1. The topological polar surface area (TPSA) is 75.5 Å². The molecule has 1 fully saturated rings. The summed E-state index contributed by atoms with van der Waals surface area (Å²) < 4.78 is 5.37. The van der Waals surface area contributed by atoms with E-state index in [0.29, 0.717) is 19.8 Å². The van der Waals surface area contributed by atoms with Crippen molar-refractivity contribution in [3.63, 3.8) is 0 Å². The minimum atomic E-state index is -0.818. The third kappa shape index (κ3) is 3.41. The Morgan fingerprint density at radius 2 is 2.37 bits per heavy atom. The van der Waals surface area contributed by atoms with Crippen molar-refractivity contribution in [1.82, 2.24) is 9.97 Å². The molecule has 1 aromatic rings. The van der Waals surface area contributed by atoms with Gasteiger partial charge in [0.05, 0.1) is 25.7 Å². The zero-order chi connectivity index (χ0) is 13.8. The first-order valence-electron chi connectivity index (χ1n) is 6.51. The van der Waals surface area contributed by atoms with Crippen LogP contribution in [0.1, 0.15) is 24.9 Å². The maximum atomic E-state index is 10.9. The first-order chi connectivity index (χ1) is 9.10. The minimum absolute atomic E-state index is 0.0600. The lowest BCUT2D eigenvalue weighted by atomic mass is 10.1. The zero-order valence-electron chi connectivity index (χ0n) is 11.3. The van der Waals surface area contributed by atoms with E-state index in [9.17, 15) is 4.79 Å². The second-order valence-corrected chi connectivity index (χ2v) is 4.64. The predicted molar refractivity (Wildman–Crippen MR) is 70.4 cm³/mol. The van der Waals surface area contributed by atoms with E-state index in [-0.39, 0.29) is 12.5 Å². The van der Waals surface area contributed by atoms with E-state index in [2.05, 4.69) is 9.97 Å². The Morgan fingerprint density at radius 3 is 3.05 bits per heavy atom. The van der Waals surface area contributed by atoms with Gasteiger partial charge in [-0.05, 0) is 13.3 Å².